The van der Waals surface area contributed by atoms with Crippen LogP contribution in [-0.2, 0) is 0 Å². The monoisotopic (exact) mass is 294 g/mol. The zero-order chi connectivity index (χ0) is 14.9. The maximum Gasteiger partial charge on any atom is 0.248 e. The van der Waals surface area contributed by atoms with Gasteiger partial charge in [-0.15, -0.1) is 0 Å². The van der Waals surface area contributed by atoms with Crippen molar-refractivity contribution in [1.82, 2.24) is 5.43 Å². The SMILES string of the molecule is NNC(c1ccc(F)c(F)c1F)C1CCC(F)(F)CC1. The Kier molecular flexibility index (Phi) is 4.29. The Labute approximate surface area is 113 Å². The van der Waals surface area contributed by atoms with E-state index in [1.165, 1.54) is 0 Å². The fourth-order valence-corrected chi connectivity index (χ4v) is 2.66. The third kappa shape index (κ3) is 2.93. The summed E-state index contributed by atoms with van der Waals surface area (Å²) in [5.74, 6) is -1.93. The van der Waals surface area contributed by atoms with Crippen LogP contribution in [-0.4, -0.2) is 5.92 Å². The summed E-state index contributed by atoms with van der Waals surface area (Å²) in [4.78, 5) is 0. The van der Waals surface area contributed by atoms with E-state index < -0.39 is 29.4 Å². The highest BCUT2D eigenvalue weighted by Crippen LogP contribution is 2.41. The molecule has 2 rings (SSSR count). The van der Waals surface area contributed by atoms with E-state index in [1.54, 1.807) is 0 Å². The average Bonchev–Trinajstić information content (AvgIpc) is 2.41. The van der Waals surface area contributed by atoms with Gasteiger partial charge in [0, 0.05) is 18.4 Å². The third-order valence-electron chi connectivity index (χ3n) is 3.81. The Morgan fingerprint density at radius 3 is 2.25 bits per heavy atom. The summed E-state index contributed by atoms with van der Waals surface area (Å²) in [6.45, 7) is 0. The second-order valence-corrected chi connectivity index (χ2v) is 5.10. The van der Waals surface area contributed by atoms with Crippen molar-refractivity contribution in [3.63, 3.8) is 0 Å². The van der Waals surface area contributed by atoms with Gasteiger partial charge in [-0.3, -0.25) is 11.3 Å². The maximum absolute atomic E-state index is 13.7. The van der Waals surface area contributed by atoms with Gasteiger partial charge >= 0.3 is 0 Å². The van der Waals surface area contributed by atoms with Crippen molar-refractivity contribution >= 4 is 0 Å². The van der Waals surface area contributed by atoms with E-state index in [0.717, 1.165) is 12.1 Å². The fourth-order valence-electron chi connectivity index (χ4n) is 2.66. The topological polar surface area (TPSA) is 38.0 Å². The molecule has 0 radical (unpaired) electrons. The molecule has 1 unspecified atom stereocenters. The number of hydrogen-bond donors (Lipinski definition) is 2. The van der Waals surface area contributed by atoms with Gasteiger partial charge in [0.1, 0.15) is 0 Å². The summed E-state index contributed by atoms with van der Waals surface area (Å²) >= 11 is 0. The lowest BCUT2D eigenvalue weighted by Crippen LogP contribution is -2.38. The van der Waals surface area contributed by atoms with Gasteiger partial charge in [0.15, 0.2) is 17.5 Å². The molecule has 0 saturated heterocycles. The van der Waals surface area contributed by atoms with Crippen molar-refractivity contribution in [2.45, 2.75) is 37.6 Å². The lowest BCUT2D eigenvalue weighted by molar-refractivity contribution is -0.0499. The van der Waals surface area contributed by atoms with Gasteiger partial charge in [-0.25, -0.2) is 22.0 Å². The van der Waals surface area contributed by atoms with Crippen LogP contribution in [0.3, 0.4) is 0 Å². The molecular formula is C13H15F5N2. The number of alkyl halides is 2. The molecular weight excluding hydrogens is 279 g/mol. The normalized spacial score (nSPS) is 20.9. The van der Waals surface area contributed by atoms with Crippen molar-refractivity contribution < 1.29 is 22.0 Å². The van der Waals surface area contributed by atoms with E-state index >= 15 is 0 Å². The largest absolute Gasteiger partial charge is 0.271 e. The fraction of sp³-hybridized carbons (Fsp3) is 0.538. The molecule has 1 aromatic rings. The first-order valence-corrected chi connectivity index (χ1v) is 6.33. The highest BCUT2D eigenvalue weighted by Gasteiger charge is 2.38. The van der Waals surface area contributed by atoms with Crippen LogP contribution in [0.4, 0.5) is 22.0 Å². The van der Waals surface area contributed by atoms with Crippen molar-refractivity contribution in [1.29, 1.82) is 0 Å². The molecule has 7 heteroatoms. The number of hydrogen-bond acceptors (Lipinski definition) is 2. The first-order chi connectivity index (χ1) is 9.35. The third-order valence-corrected chi connectivity index (χ3v) is 3.81. The average molecular weight is 294 g/mol. The van der Waals surface area contributed by atoms with Crippen molar-refractivity contribution in [2.24, 2.45) is 11.8 Å². The quantitative estimate of drug-likeness (QED) is 0.388. The van der Waals surface area contributed by atoms with Crippen LogP contribution in [0.25, 0.3) is 0 Å². The second-order valence-electron chi connectivity index (χ2n) is 5.10. The van der Waals surface area contributed by atoms with Gasteiger partial charge in [0.2, 0.25) is 5.92 Å². The second kappa shape index (κ2) is 5.65. The zero-order valence-corrected chi connectivity index (χ0v) is 10.6. The summed E-state index contributed by atoms with van der Waals surface area (Å²) < 4.78 is 66.1. The first kappa shape index (κ1) is 15.2. The van der Waals surface area contributed by atoms with Gasteiger partial charge in [-0.1, -0.05) is 6.07 Å². The molecule has 1 saturated carbocycles. The highest BCUT2D eigenvalue weighted by atomic mass is 19.3. The molecule has 0 spiro atoms. The Balaban J connectivity index is 2.23. The number of benzene rings is 1. The zero-order valence-electron chi connectivity index (χ0n) is 10.6. The molecule has 1 aliphatic rings. The molecule has 1 fully saturated rings. The van der Waals surface area contributed by atoms with Gasteiger partial charge in [-0.05, 0) is 24.8 Å². The highest BCUT2D eigenvalue weighted by molar-refractivity contribution is 5.24. The summed E-state index contributed by atoms with van der Waals surface area (Å²) in [5, 5.41) is 0. The maximum atomic E-state index is 13.7. The molecule has 112 valence electrons. The molecule has 1 aliphatic carbocycles. The number of halogens is 5. The van der Waals surface area contributed by atoms with Crippen molar-refractivity contribution in [2.75, 3.05) is 0 Å². The van der Waals surface area contributed by atoms with E-state index in [-0.39, 0.29) is 37.2 Å². The molecule has 0 aromatic heterocycles. The molecule has 2 nitrogen and oxygen atoms in total. The summed E-state index contributed by atoms with van der Waals surface area (Å²) in [6, 6.07) is 1.07. The van der Waals surface area contributed by atoms with Crippen LogP contribution in [0.15, 0.2) is 12.1 Å². The minimum absolute atomic E-state index is 0.137. The van der Waals surface area contributed by atoms with E-state index in [2.05, 4.69) is 5.43 Å². The van der Waals surface area contributed by atoms with Crippen LogP contribution in [0, 0.1) is 23.4 Å². The van der Waals surface area contributed by atoms with Crippen LogP contribution >= 0.6 is 0 Å². The molecule has 0 heterocycles. The van der Waals surface area contributed by atoms with Gasteiger partial charge in [0.25, 0.3) is 0 Å². The molecule has 1 aromatic carbocycles. The lowest BCUT2D eigenvalue weighted by Gasteiger charge is -2.33. The molecule has 1 atom stereocenters. The number of rotatable bonds is 3. The van der Waals surface area contributed by atoms with E-state index in [0.29, 0.717) is 0 Å². The minimum Gasteiger partial charge on any atom is -0.271 e. The van der Waals surface area contributed by atoms with E-state index in [4.69, 9.17) is 5.84 Å². The van der Waals surface area contributed by atoms with Crippen LogP contribution in [0.2, 0.25) is 0 Å². The van der Waals surface area contributed by atoms with Gasteiger partial charge in [0.05, 0.1) is 6.04 Å². The Hall–Kier alpha value is -1.21. The molecule has 0 amide bonds. The lowest BCUT2D eigenvalue weighted by atomic mass is 9.79. The molecule has 20 heavy (non-hydrogen) atoms. The standard InChI is InChI=1S/C13H15F5N2/c14-9-2-1-8(10(15)11(9)16)12(20-19)7-3-5-13(17,18)6-4-7/h1-2,7,12,20H,3-6,19H2. The Bertz CT molecular complexity index is 482. The number of nitrogens with two attached hydrogens (primary N) is 1. The van der Waals surface area contributed by atoms with Crippen LogP contribution < -0.4 is 11.3 Å². The first-order valence-electron chi connectivity index (χ1n) is 6.33. The van der Waals surface area contributed by atoms with Crippen molar-refractivity contribution in [3.8, 4) is 0 Å². The molecule has 0 aliphatic heterocycles. The van der Waals surface area contributed by atoms with Crippen molar-refractivity contribution in [3.05, 3.63) is 35.1 Å². The Morgan fingerprint density at radius 1 is 1.10 bits per heavy atom. The summed E-state index contributed by atoms with van der Waals surface area (Å²) in [7, 11) is 0. The van der Waals surface area contributed by atoms with Gasteiger partial charge in [-0.2, -0.15) is 0 Å². The smallest absolute Gasteiger partial charge is 0.248 e. The molecule has 0 bridgehead atoms. The summed E-state index contributed by atoms with van der Waals surface area (Å²) in [6.07, 6.45) is -0.358. The van der Waals surface area contributed by atoms with E-state index in [1.807, 2.05) is 0 Å². The Morgan fingerprint density at radius 2 is 1.70 bits per heavy atom. The molecule has 3 N–H and O–H groups in total. The predicted molar refractivity (Wildman–Crippen MR) is 63.3 cm³/mol. The van der Waals surface area contributed by atoms with Gasteiger partial charge < -0.3 is 0 Å². The van der Waals surface area contributed by atoms with Crippen LogP contribution in [0.5, 0.6) is 0 Å². The number of nitrogens with one attached hydrogen (secondary N) is 1. The predicted octanol–water partition coefficient (Wildman–Crippen LogP) is 3.43. The summed E-state index contributed by atoms with van der Waals surface area (Å²) in [5.41, 5.74) is 2.19. The van der Waals surface area contributed by atoms with Crippen LogP contribution in [0.1, 0.15) is 37.3 Å². The van der Waals surface area contributed by atoms with E-state index in [9.17, 15) is 22.0 Å². The minimum atomic E-state index is -2.72. The number of hydrazine groups is 1.